The second kappa shape index (κ2) is 16.1. The Bertz CT molecular complexity index is 1630. The number of nitrogens with zero attached hydrogens (tertiary/aromatic N) is 2. The zero-order valence-electron chi connectivity index (χ0n) is 25.4. The van der Waals surface area contributed by atoms with Gasteiger partial charge in [0.25, 0.3) is 10.0 Å². The second-order valence-electron chi connectivity index (χ2n) is 10.5. The third kappa shape index (κ3) is 9.09. The lowest BCUT2D eigenvalue weighted by Crippen LogP contribution is -2.53. The van der Waals surface area contributed by atoms with Gasteiger partial charge < -0.3 is 15.0 Å². The summed E-state index contributed by atoms with van der Waals surface area (Å²) >= 11 is 6.14. The largest absolute Gasteiger partial charge is 0.497 e. The number of hydrogen-bond donors (Lipinski definition) is 1. The third-order valence-corrected chi connectivity index (χ3v) is 9.38. The van der Waals surface area contributed by atoms with Crippen LogP contribution in [-0.4, -0.2) is 51.4 Å². The van der Waals surface area contributed by atoms with Crippen molar-refractivity contribution < 1.29 is 22.7 Å². The van der Waals surface area contributed by atoms with E-state index in [1.165, 1.54) is 24.1 Å². The van der Waals surface area contributed by atoms with E-state index in [-0.39, 0.29) is 23.8 Å². The third-order valence-electron chi connectivity index (χ3n) is 7.34. The molecule has 2 amide bonds. The highest BCUT2D eigenvalue weighted by molar-refractivity contribution is 7.92. The molecule has 1 N–H and O–H groups in total. The minimum Gasteiger partial charge on any atom is -0.497 e. The smallest absolute Gasteiger partial charge is 0.264 e. The first-order valence-electron chi connectivity index (χ1n) is 14.8. The van der Waals surface area contributed by atoms with Crippen molar-refractivity contribution in [2.45, 2.75) is 43.7 Å². The lowest BCUT2D eigenvalue weighted by Gasteiger charge is -2.34. The number of carbonyl (C=O) groups excluding carboxylic acids is 2. The van der Waals surface area contributed by atoms with E-state index >= 15 is 0 Å². The molecular weight excluding hydrogens is 610 g/mol. The molecule has 4 aromatic rings. The van der Waals surface area contributed by atoms with E-state index < -0.39 is 28.5 Å². The number of halogens is 1. The van der Waals surface area contributed by atoms with Crippen molar-refractivity contribution in [1.82, 2.24) is 10.2 Å². The van der Waals surface area contributed by atoms with Gasteiger partial charge in [-0.2, -0.15) is 0 Å². The van der Waals surface area contributed by atoms with Crippen LogP contribution >= 0.6 is 11.6 Å². The average Bonchev–Trinajstić information content (AvgIpc) is 3.06. The van der Waals surface area contributed by atoms with Crippen molar-refractivity contribution >= 4 is 39.1 Å². The highest BCUT2D eigenvalue weighted by Crippen LogP contribution is 2.26. The number of para-hydroxylation sites is 1. The SMILES string of the molecule is CCCCNC(=O)[C@H](Cc1ccccc1)N(Cc1ccc(Cl)cc1)C(=O)CN(c1ccccc1)S(=O)(=O)c1ccc(OC)cc1. The molecule has 45 heavy (non-hydrogen) atoms. The fourth-order valence-corrected chi connectivity index (χ4v) is 6.38. The molecule has 0 radical (unpaired) electrons. The van der Waals surface area contributed by atoms with Crippen molar-refractivity contribution in [3.8, 4) is 5.75 Å². The fraction of sp³-hybridized carbons (Fsp3) is 0.257. The van der Waals surface area contributed by atoms with Crippen LogP contribution in [0, 0.1) is 0 Å². The maximum atomic E-state index is 14.4. The molecule has 0 saturated carbocycles. The van der Waals surface area contributed by atoms with Crippen LogP contribution in [0.25, 0.3) is 0 Å². The minimum absolute atomic E-state index is 0.00217. The van der Waals surface area contributed by atoms with Gasteiger partial charge in [-0.3, -0.25) is 13.9 Å². The van der Waals surface area contributed by atoms with E-state index in [2.05, 4.69) is 5.32 Å². The van der Waals surface area contributed by atoms with E-state index in [1.54, 1.807) is 66.7 Å². The minimum atomic E-state index is -4.20. The van der Waals surface area contributed by atoms with Crippen LogP contribution in [0.4, 0.5) is 5.69 Å². The Labute approximate surface area is 270 Å². The van der Waals surface area contributed by atoms with Crippen molar-refractivity contribution in [2.75, 3.05) is 24.5 Å². The Morgan fingerprint density at radius 2 is 1.47 bits per heavy atom. The number of ether oxygens (including phenoxy) is 1. The highest BCUT2D eigenvalue weighted by Gasteiger charge is 2.34. The summed E-state index contributed by atoms with van der Waals surface area (Å²) in [5.74, 6) is -0.334. The van der Waals surface area contributed by atoms with Gasteiger partial charge in [0, 0.05) is 24.5 Å². The highest BCUT2D eigenvalue weighted by atomic mass is 35.5. The van der Waals surface area contributed by atoms with Gasteiger partial charge in [0.1, 0.15) is 18.3 Å². The average molecular weight is 648 g/mol. The molecule has 0 bridgehead atoms. The summed E-state index contributed by atoms with van der Waals surface area (Å²) < 4.78 is 34.4. The molecule has 10 heteroatoms. The predicted octanol–water partition coefficient (Wildman–Crippen LogP) is 6.10. The predicted molar refractivity (Wildman–Crippen MR) is 178 cm³/mol. The molecule has 8 nitrogen and oxygen atoms in total. The van der Waals surface area contributed by atoms with E-state index in [4.69, 9.17) is 16.3 Å². The molecule has 1 atom stereocenters. The molecule has 0 heterocycles. The second-order valence-corrected chi connectivity index (χ2v) is 12.8. The molecular formula is C35H38ClN3O5S. The zero-order chi connectivity index (χ0) is 32.2. The molecule has 0 aromatic heterocycles. The topological polar surface area (TPSA) is 96.0 Å². The standard InChI is InChI=1S/C35H38ClN3O5S/c1-3-4-23-37-35(41)33(24-27-11-7-5-8-12-27)38(25-28-15-17-29(36)18-16-28)34(40)26-39(30-13-9-6-10-14-30)45(42,43)32-21-19-31(44-2)20-22-32/h5-22,33H,3-4,23-26H2,1-2H3,(H,37,41)/t33-/m0/s1. The van der Waals surface area contributed by atoms with Crippen molar-refractivity contribution in [1.29, 1.82) is 0 Å². The van der Waals surface area contributed by atoms with E-state index in [0.717, 1.165) is 28.3 Å². The summed E-state index contributed by atoms with van der Waals surface area (Å²) in [4.78, 5) is 29.7. The molecule has 4 aromatic carbocycles. The Balaban J connectivity index is 1.76. The van der Waals surface area contributed by atoms with Crippen LogP contribution in [0.3, 0.4) is 0 Å². The number of rotatable bonds is 15. The Morgan fingerprint density at radius 1 is 0.844 bits per heavy atom. The van der Waals surface area contributed by atoms with Crippen molar-refractivity contribution in [2.24, 2.45) is 0 Å². The van der Waals surface area contributed by atoms with Crippen LogP contribution in [0.1, 0.15) is 30.9 Å². The summed E-state index contributed by atoms with van der Waals surface area (Å²) in [6.07, 6.45) is 1.93. The number of carbonyl (C=O) groups is 2. The first-order valence-corrected chi connectivity index (χ1v) is 16.6. The number of sulfonamides is 1. The van der Waals surface area contributed by atoms with Gasteiger partial charge in [-0.1, -0.05) is 85.6 Å². The molecule has 0 aliphatic carbocycles. The summed E-state index contributed by atoms with van der Waals surface area (Å²) in [7, 11) is -2.70. The molecule has 236 valence electrons. The summed E-state index contributed by atoms with van der Waals surface area (Å²) in [6.45, 7) is 2.04. The van der Waals surface area contributed by atoms with E-state index in [9.17, 15) is 18.0 Å². The first-order chi connectivity index (χ1) is 21.7. The lowest BCUT2D eigenvalue weighted by atomic mass is 10.0. The van der Waals surface area contributed by atoms with Gasteiger partial charge in [-0.05, 0) is 66.1 Å². The number of methoxy groups -OCH3 is 1. The Kier molecular flexibility index (Phi) is 12.0. The van der Waals surface area contributed by atoms with Crippen LogP contribution in [0.5, 0.6) is 5.75 Å². The number of amides is 2. The fourth-order valence-electron chi connectivity index (χ4n) is 4.84. The number of anilines is 1. The molecule has 4 rings (SSSR count). The number of hydrogen-bond acceptors (Lipinski definition) is 5. The van der Waals surface area contributed by atoms with Gasteiger partial charge in [0.15, 0.2) is 0 Å². The molecule has 0 aliphatic rings. The van der Waals surface area contributed by atoms with Crippen LogP contribution < -0.4 is 14.4 Å². The normalized spacial score (nSPS) is 11.8. The molecule has 0 saturated heterocycles. The van der Waals surface area contributed by atoms with Crippen LogP contribution in [-0.2, 0) is 32.6 Å². The van der Waals surface area contributed by atoms with E-state index in [1.807, 2.05) is 37.3 Å². The van der Waals surface area contributed by atoms with E-state index in [0.29, 0.717) is 23.0 Å². The summed E-state index contributed by atoms with van der Waals surface area (Å²) in [5, 5.41) is 3.53. The summed E-state index contributed by atoms with van der Waals surface area (Å²) in [5.41, 5.74) is 1.93. The van der Waals surface area contributed by atoms with Gasteiger partial charge >= 0.3 is 0 Å². The van der Waals surface area contributed by atoms with Gasteiger partial charge in [-0.25, -0.2) is 8.42 Å². The number of benzene rings is 4. The maximum Gasteiger partial charge on any atom is 0.264 e. The molecule has 0 unspecified atom stereocenters. The van der Waals surface area contributed by atoms with Gasteiger partial charge in [0.2, 0.25) is 11.8 Å². The quantitative estimate of drug-likeness (QED) is 0.157. The Morgan fingerprint density at radius 3 is 2.07 bits per heavy atom. The monoisotopic (exact) mass is 647 g/mol. The number of nitrogens with one attached hydrogen (secondary N) is 1. The Hall–Kier alpha value is -4.34. The summed E-state index contributed by atoms with van der Waals surface area (Å²) in [6, 6.07) is 30.0. The number of unbranched alkanes of at least 4 members (excludes halogenated alkanes) is 1. The lowest BCUT2D eigenvalue weighted by molar-refractivity contribution is -0.140. The maximum absolute atomic E-state index is 14.4. The zero-order valence-corrected chi connectivity index (χ0v) is 27.0. The van der Waals surface area contributed by atoms with Gasteiger partial charge in [0.05, 0.1) is 17.7 Å². The van der Waals surface area contributed by atoms with Crippen molar-refractivity contribution in [3.63, 3.8) is 0 Å². The first kappa shape index (κ1) is 33.6. The van der Waals surface area contributed by atoms with Crippen LogP contribution in [0.2, 0.25) is 5.02 Å². The van der Waals surface area contributed by atoms with Gasteiger partial charge in [-0.15, -0.1) is 0 Å². The van der Waals surface area contributed by atoms with Crippen LogP contribution in [0.15, 0.2) is 114 Å². The van der Waals surface area contributed by atoms with Crippen molar-refractivity contribution in [3.05, 3.63) is 125 Å². The molecule has 0 fully saturated rings. The molecule has 0 aliphatic heterocycles. The molecule has 0 spiro atoms.